The van der Waals surface area contributed by atoms with Gasteiger partial charge in [-0.05, 0) is 30.7 Å². The van der Waals surface area contributed by atoms with E-state index in [9.17, 15) is 9.59 Å². The molecule has 3 N–H and O–H groups in total. The lowest BCUT2D eigenvalue weighted by atomic mass is 9.94. The topological polar surface area (TPSA) is 79.5 Å². The summed E-state index contributed by atoms with van der Waals surface area (Å²) in [5.74, 6) is 0.125. The van der Waals surface area contributed by atoms with Gasteiger partial charge in [-0.2, -0.15) is 0 Å². The molecule has 0 saturated heterocycles. The van der Waals surface area contributed by atoms with Crippen LogP contribution >= 0.6 is 23.2 Å². The standard InChI is InChI=1S/C19H17Cl2N3O3/c1-10-15(18(25)23-13-8-3-4-9-14(13)27-2)17(24-19(26)22-10)11-6-5-7-12(20)16(11)21/h3-9,17H,1-2H3,(H,23,25)(H2,22,24,26)/t17-/m1/s1. The Morgan fingerprint density at radius 2 is 1.89 bits per heavy atom. The van der Waals surface area contributed by atoms with Gasteiger partial charge in [0.25, 0.3) is 5.91 Å². The second-order valence-electron chi connectivity index (χ2n) is 5.87. The minimum absolute atomic E-state index is 0.279. The zero-order chi connectivity index (χ0) is 19.6. The molecule has 8 heteroatoms. The monoisotopic (exact) mass is 405 g/mol. The van der Waals surface area contributed by atoms with E-state index in [1.165, 1.54) is 7.11 Å². The predicted molar refractivity (Wildman–Crippen MR) is 105 cm³/mol. The van der Waals surface area contributed by atoms with Crippen LogP contribution in [0.3, 0.4) is 0 Å². The van der Waals surface area contributed by atoms with E-state index >= 15 is 0 Å². The SMILES string of the molecule is COc1ccccc1NC(=O)C1=C(C)NC(=O)N[C@@H]1c1cccc(Cl)c1Cl. The molecular weight excluding hydrogens is 389 g/mol. The molecule has 1 aliphatic heterocycles. The lowest BCUT2D eigenvalue weighted by molar-refractivity contribution is -0.113. The van der Waals surface area contributed by atoms with Gasteiger partial charge < -0.3 is 20.7 Å². The molecule has 140 valence electrons. The van der Waals surface area contributed by atoms with Crippen molar-refractivity contribution in [2.75, 3.05) is 12.4 Å². The molecule has 0 aromatic heterocycles. The van der Waals surface area contributed by atoms with Crippen LogP contribution in [0, 0.1) is 0 Å². The maximum absolute atomic E-state index is 13.0. The minimum Gasteiger partial charge on any atom is -0.495 e. The molecular formula is C19H17Cl2N3O3. The second-order valence-corrected chi connectivity index (χ2v) is 6.65. The summed E-state index contributed by atoms with van der Waals surface area (Å²) in [6.07, 6.45) is 0. The number of carbonyl (C=O) groups is 2. The summed E-state index contributed by atoms with van der Waals surface area (Å²) in [4.78, 5) is 25.0. The van der Waals surface area contributed by atoms with Crippen LogP contribution in [-0.4, -0.2) is 19.0 Å². The molecule has 0 radical (unpaired) electrons. The molecule has 3 rings (SSSR count). The van der Waals surface area contributed by atoms with Gasteiger partial charge in [0.15, 0.2) is 0 Å². The highest BCUT2D eigenvalue weighted by atomic mass is 35.5. The number of amides is 3. The van der Waals surface area contributed by atoms with Crippen LogP contribution in [-0.2, 0) is 4.79 Å². The molecule has 3 amide bonds. The van der Waals surface area contributed by atoms with Crippen LogP contribution in [0.15, 0.2) is 53.7 Å². The normalized spacial score (nSPS) is 16.4. The summed E-state index contributed by atoms with van der Waals surface area (Å²) in [6.45, 7) is 1.65. The Hall–Kier alpha value is -2.70. The highest BCUT2D eigenvalue weighted by Gasteiger charge is 2.33. The van der Waals surface area contributed by atoms with E-state index in [0.29, 0.717) is 33.3 Å². The smallest absolute Gasteiger partial charge is 0.319 e. The molecule has 1 atom stereocenters. The van der Waals surface area contributed by atoms with Gasteiger partial charge in [-0.1, -0.05) is 47.5 Å². The number of ether oxygens (including phenoxy) is 1. The largest absolute Gasteiger partial charge is 0.495 e. The van der Waals surface area contributed by atoms with Crippen LogP contribution in [0.4, 0.5) is 10.5 Å². The number of para-hydroxylation sites is 2. The molecule has 1 aliphatic rings. The molecule has 0 aliphatic carbocycles. The molecule has 1 heterocycles. The van der Waals surface area contributed by atoms with Crippen molar-refractivity contribution in [2.24, 2.45) is 0 Å². The van der Waals surface area contributed by atoms with Crippen LogP contribution in [0.1, 0.15) is 18.5 Å². The fourth-order valence-corrected chi connectivity index (χ4v) is 3.33. The van der Waals surface area contributed by atoms with E-state index in [0.717, 1.165) is 0 Å². The summed E-state index contributed by atoms with van der Waals surface area (Å²) in [5, 5.41) is 8.79. The van der Waals surface area contributed by atoms with Gasteiger partial charge in [-0.3, -0.25) is 4.79 Å². The number of methoxy groups -OCH3 is 1. The van der Waals surface area contributed by atoms with Crippen LogP contribution < -0.4 is 20.7 Å². The first kappa shape index (κ1) is 19.1. The summed E-state index contributed by atoms with van der Waals surface area (Å²) in [7, 11) is 1.52. The molecule has 27 heavy (non-hydrogen) atoms. The Bertz CT molecular complexity index is 944. The third-order valence-corrected chi connectivity index (χ3v) is 4.99. The van der Waals surface area contributed by atoms with E-state index in [4.69, 9.17) is 27.9 Å². The van der Waals surface area contributed by atoms with Crippen molar-refractivity contribution in [2.45, 2.75) is 13.0 Å². The summed E-state index contributed by atoms with van der Waals surface area (Å²) >= 11 is 12.4. The summed E-state index contributed by atoms with van der Waals surface area (Å²) in [6, 6.07) is 10.9. The summed E-state index contributed by atoms with van der Waals surface area (Å²) in [5.41, 5.74) is 1.79. The zero-order valence-corrected chi connectivity index (χ0v) is 16.1. The van der Waals surface area contributed by atoms with Gasteiger partial charge >= 0.3 is 6.03 Å². The van der Waals surface area contributed by atoms with Crippen LogP contribution in [0.25, 0.3) is 0 Å². The Morgan fingerprint density at radius 1 is 1.15 bits per heavy atom. The van der Waals surface area contributed by atoms with Crippen molar-refractivity contribution in [3.05, 3.63) is 69.3 Å². The quantitative estimate of drug-likeness (QED) is 0.710. The predicted octanol–water partition coefficient (Wildman–Crippen LogP) is 4.27. The lowest BCUT2D eigenvalue weighted by Gasteiger charge is -2.29. The van der Waals surface area contributed by atoms with E-state index in [1.807, 2.05) is 0 Å². The number of anilines is 1. The van der Waals surface area contributed by atoms with E-state index in [-0.39, 0.29) is 5.02 Å². The van der Waals surface area contributed by atoms with Crippen molar-refractivity contribution in [1.29, 1.82) is 0 Å². The number of allylic oxidation sites excluding steroid dienone is 1. The number of carbonyl (C=O) groups excluding carboxylic acids is 2. The van der Waals surface area contributed by atoms with Gasteiger partial charge in [-0.15, -0.1) is 0 Å². The van der Waals surface area contributed by atoms with E-state index in [2.05, 4.69) is 16.0 Å². The van der Waals surface area contributed by atoms with Crippen molar-refractivity contribution < 1.29 is 14.3 Å². The number of hydrogen-bond donors (Lipinski definition) is 3. The highest BCUT2D eigenvalue weighted by molar-refractivity contribution is 6.42. The maximum atomic E-state index is 13.0. The molecule has 0 unspecified atom stereocenters. The third kappa shape index (κ3) is 3.86. The molecule has 0 saturated carbocycles. The number of rotatable bonds is 4. The van der Waals surface area contributed by atoms with Crippen molar-refractivity contribution in [3.8, 4) is 5.75 Å². The zero-order valence-electron chi connectivity index (χ0n) is 14.6. The van der Waals surface area contributed by atoms with Gasteiger partial charge in [0.05, 0.1) is 34.5 Å². The van der Waals surface area contributed by atoms with Crippen LogP contribution in [0.5, 0.6) is 5.75 Å². The molecule has 0 fully saturated rings. The lowest BCUT2D eigenvalue weighted by Crippen LogP contribution is -2.46. The Morgan fingerprint density at radius 3 is 2.63 bits per heavy atom. The minimum atomic E-state index is -0.750. The van der Waals surface area contributed by atoms with Crippen molar-refractivity contribution >= 4 is 40.8 Å². The van der Waals surface area contributed by atoms with Crippen molar-refractivity contribution in [1.82, 2.24) is 10.6 Å². The number of urea groups is 1. The van der Waals surface area contributed by atoms with E-state index in [1.54, 1.807) is 49.4 Å². The number of halogens is 2. The third-order valence-electron chi connectivity index (χ3n) is 4.16. The average Bonchev–Trinajstić information content (AvgIpc) is 2.63. The first-order valence-corrected chi connectivity index (χ1v) is 8.84. The Balaban J connectivity index is 2.01. The van der Waals surface area contributed by atoms with Gasteiger partial charge in [0.1, 0.15) is 5.75 Å². The maximum Gasteiger partial charge on any atom is 0.319 e. The first-order valence-electron chi connectivity index (χ1n) is 8.09. The summed E-state index contributed by atoms with van der Waals surface area (Å²) < 4.78 is 5.27. The van der Waals surface area contributed by atoms with Crippen molar-refractivity contribution in [3.63, 3.8) is 0 Å². The Kier molecular flexibility index (Phi) is 5.58. The molecule has 2 aromatic carbocycles. The molecule has 0 spiro atoms. The number of nitrogens with one attached hydrogen (secondary N) is 3. The first-order chi connectivity index (χ1) is 12.9. The molecule has 2 aromatic rings. The average molecular weight is 406 g/mol. The molecule has 6 nitrogen and oxygen atoms in total. The highest BCUT2D eigenvalue weighted by Crippen LogP contribution is 2.36. The molecule has 0 bridgehead atoms. The number of benzene rings is 2. The number of hydrogen-bond acceptors (Lipinski definition) is 3. The fraction of sp³-hybridized carbons (Fsp3) is 0.158. The van der Waals surface area contributed by atoms with Gasteiger partial charge in [-0.25, -0.2) is 4.79 Å². The van der Waals surface area contributed by atoms with Gasteiger partial charge in [0.2, 0.25) is 0 Å². The van der Waals surface area contributed by atoms with Crippen LogP contribution in [0.2, 0.25) is 10.0 Å². The van der Waals surface area contributed by atoms with E-state index < -0.39 is 18.0 Å². The fourth-order valence-electron chi connectivity index (χ4n) is 2.91. The van der Waals surface area contributed by atoms with Gasteiger partial charge in [0, 0.05) is 5.70 Å². The Labute approximate surface area is 166 Å². The second kappa shape index (κ2) is 7.90.